The van der Waals surface area contributed by atoms with Crippen LogP contribution in [0, 0.1) is 0 Å². The third-order valence-electron chi connectivity index (χ3n) is 2.53. The van der Waals surface area contributed by atoms with Crippen molar-refractivity contribution in [2.45, 2.75) is 0 Å². The molecular formula is C12H14N2O2. The molecule has 0 fully saturated rings. The number of fused-ring (bicyclic) bond motifs is 1. The zero-order valence-electron chi connectivity index (χ0n) is 9.57. The van der Waals surface area contributed by atoms with E-state index < -0.39 is 0 Å². The normalized spacial score (nSPS) is 10.2. The van der Waals surface area contributed by atoms with Gasteiger partial charge in [-0.1, -0.05) is 0 Å². The number of methoxy groups -OCH3 is 2. The van der Waals surface area contributed by atoms with Crippen LogP contribution in [0.2, 0.25) is 0 Å². The molecule has 4 nitrogen and oxygen atoms in total. The Kier molecular flexibility index (Phi) is 2.81. The summed E-state index contributed by atoms with van der Waals surface area (Å²) >= 11 is 0. The Bertz CT molecular complexity index is 512. The summed E-state index contributed by atoms with van der Waals surface area (Å²) in [4.78, 5) is 4.10. The van der Waals surface area contributed by atoms with Gasteiger partial charge in [-0.2, -0.15) is 0 Å². The number of pyridine rings is 1. The molecule has 1 heterocycles. The molecule has 4 heteroatoms. The lowest BCUT2D eigenvalue weighted by molar-refractivity contribution is 0.357. The lowest BCUT2D eigenvalue weighted by Crippen LogP contribution is -1.98. The fraction of sp³-hybridized carbons (Fsp3) is 0.250. The second-order valence-electron chi connectivity index (χ2n) is 3.33. The first-order chi connectivity index (χ1) is 7.81. The minimum absolute atomic E-state index is 0.701. The number of aromatic nitrogens is 1. The molecule has 1 N–H and O–H groups in total. The molecule has 1 aromatic heterocycles. The van der Waals surface area contributed by atoms with Gasteiger partial charge in [-0.15, -0.1) is 0 Å². The minimum atomic E-state index is 0.701. The van der Waals surface area contributed by atoms with Gasteiger partial charge in [0.25, 0.3) is 0 Å². The summed E-state index contributed by atoms with van der Waals surface area (Å²) in [5.74, 6) is 1.41. The Morgan fingerprint density at radius 1 is 1.25 bits per heavy atom. The van der Waals surface area contributed by atoms with Crippen LogP contribution in [-0.4, -0.2) is 26.3 Å². The standard InChI is InChI=1S/C12H14N2O2/c1-13-11-9-4-5-14-7-8(9)6-10(15-2)12(11)16-3/h4-7,13H,1-3H3. The van der Waals surface area contributed by atoms with Crippen molar-refractivity contribution in [1.82, 2.24) is 4.98 Å². The number of nitrogens with zero attached hydrogens (tertiary/aromatic N) is 1. The summed E-state index contributed by atoms with van der Waals surface area (Å²) in [7, 11) is 5.11. The lowest BCUT2D eigenvalue weighted by Gasteiger charge is -2.15. The second-order valence-corrected chi connectivity index (χ2v) is 3.33. The maximum atomic E-state index is 5.36. The maximum Gasteiger partial charge on any atom is 0.184 e. The molecule has 0 aliphatic carbocycles. The predicted octanol–water partition coefficient (Wildman–Crippen LogP) is 2.29. The highest BCUT2D eigenvalue weighted by Gasteiger charge is 2.13. The third-order valence-corrected chi connectivity index (χ3v) is 2.53. The van der Waals surface area contributed by atoms with Gasteiger partial charge in [0.05, 0.1) is 19.9 Å². The van der Waals surface area contributed by atoms with Crippen molar-refractivity contribution in [2.75, 3.05) is 26.6 Å². The van der Waals surface area contributed by atoms with Crippen LogP contribution in [0.15, 0.2) is 24.5 Å². The molecule has 0 amide bonds. The van der Waals surface area contributed by atoms with Gasteiger partial charge in [-0.25, -0.2) is 0 Å². The van der Waals surface area contributed by atoms with Crippen molar-refractivity contribution >= 4 is 16.5 Å². The molecule has 0 radical (unpaired) electrons. The zero-order valence-corrected chi connectivity index (χ0v) is 9.57. The number of benzene rings is 1. The van der Waals surface area contributed by atoms with Crippen molar-refractivity contribution in [2.24, 2.45) is 0 Å². The number of hydrogen-bond acceptors (Lipinski definition) is 4. The number of ether oxygens (including phenoxy) is 2. The first kappa shape index (κ1) is 10.5. The first-order valence-corrected chi connectivity index (χ1v) is 4.98. The van der Waals surface area contributed by atoms with Crippen LogP contribution in [-0.2, 0) is 0 Å². The molecule has 0 aliphatic rings. The topological polar surface area (TPSA) is 43.4 Å². The van der Waals surface area contributed by atoms with Crippen LogP contribution in [0.5, 0.6) is 11.5 Å². The highest BCUT2D eigenvalue weighted by molar-refractivity contribution is 5.98. The molecule has 0 unspecified atom stereocenters. The molecule has 16 heavy (non-hydrogen) atoms. The van der Waals surface area contributed by atoms with Gasteiger partial charge in [0.1, 0.15) is 0 Å². The van der Waals surface area contributed by atoms with Crippen molar-refractivity contribution in [3.05, 3.63) is 24.5 Å². The first-order valence-electron chi connectivity index (χ1n) is 4.98. The highest BCUT2D eigenvalue weighted by atomic mass is 16.5. The number of hydrogen-bond donors (Lipinski definition) is 1. The average Bonchev–Trinajstić information content (AvgIpc) is 2.36. The van der Waals surface area contributed by atoms with Crippen molar-refractivity contribution in [1.29, 1.82) is 0 Å². The highest BCUT2D eigenvalue weighted by Crippen LogP contribution is 2.40. The Morgan fingerprint density at radius 2 is 2.06 bits per heavy atom. The molecule has 0 saturated heterocycles. The summed E-state index contributed by atoms with van der Waals surface area (Å²) < 4.78 is 10.7. The van der Waals surface area contributed by atoms with Gasteiger partial charge in [-0.05, 0) is 12.1 Å². The van der Waals surface area contributed by atoms with E-state index in [9.17, 15) is 0 Å². The smallest absolute Gasteiger partial charge is 0.184 e. The van der Waals surface area contributed by atoms with Crippen LogP contribution >= 0.6 is 0 Å². The van der Waals surface area contributed by atoms with E-state index in [0.717, 1.165) is 16.5 Å². The molecule has 84 valence electrons. The average molecular weight is 218 g/mol. The summed E-state index contributed by atoms with van der Waals surface area (Å²) in [5, 5.41) is 5.21. The Morgan fingerprint density at radius 3 is 2.69 bits per heavy atom. The molecule has 2 aromatic rings. The Balaban J connectivity index is 2.82. The van der Waals surface area contributed by atoms with Gasteiger partial charge in [0.15, 0.2) is 11.5 Å². The second kappa shape index (κ2) is 4.26. The van der Waals surface area contributed by atoms with Gasteiger partial charge in [-0.3, -0.25) is 4.98 Å². The van der Waals surface area contributed by atoms with Crippen LogP contribution in [0.3, 0.4) is 0 Å². The zero-order chi connectivity index (χ0) is 11.5. The maximum absolute atomic E-state index is 5.36. The summed E-state index contributed by atoms with van der Waals surface area (Å²) in [6.45, 7) is 0. The molecule has 2 rings (SSSR count). The van der Waals surface area contributed by atoms with E-state index in [1.165, 1.54) is 0 Å². The molecular weight excluding hydrogens is 204 g/mol. The van der Waals surface area contributed by atoms with Crippen LogP contribution in [0.25, 0.3) is 10.8 Å². The molecule has 0 spiro atoms. The Labute approximate surface area is 94.2 Å². The van der Waals surface area contributed by atoms with Crippen LogP contribution in [0.4, 0.5) is 5.69 Å². The quantitative estimate of drug-likeness (QED) is 0.858. The van der Waals surface area contributed by atoms with E-state index in [2.05, 4.69) is 10.3 Å². The van der Waals surface area contributed by atoms with E-state index in [-0.39, 0.29) is 0 Å². The van der Waals surface area contributed by atoms with E-state index in [1.807, 2.05) is 19.2 Å². The number of nitrogens with one attached hydrogen (secondary N) is 1. The van der Waals surface area contributed by atoms with E-state index in [4.69, 9.17) is 9.47 Å². The summed E-state index contributed by atoms with van der Waals surface area (Å²) in [5.41, 5.74) is 0.916. The largest absolute Gasteiger partial charge is 0.493 e. The minimum Gasteiger partial charge on any atom is -0.493 e. The fourth-order valence-corrected chi connectivity index (χ4v) is 1.80. The fourth-order valence-electron chi connectivity index (χ4n) is 1.80. The van der Waals surface area contributed by atoms with Crippen molar-refractivity contribution in [3.63, 3.8) is 0 Å². The van der Waals surface area contributed by atoms with Gasteiger partial charge in [0.2, 0.25) is 0 Å². The summed E-state index contributed by atoms with van der Waals surface area (Å²) in [6.07, 6.45) is 3.56. The summed E-state index contributed by atoms with van der Waals surface area (Å²) in [6, 6.07) is 3.87. The van der Waals surface area contributed by atoms with E-state index >= 15 is 0 Å². The molecule has 0 atom stereocenters. The van der Waals surface area contributed by atoms with Gasteiger partial charge >= 0.3 is 0 Å². The van der Waals surface area contributed by atoms with Crippen LogP contribution < -0.4 is 14.8 Å². The molecule has 1 aromatic carbocycles. The third kappa shape index (κ3) is 1.52. The van der Waals surface area contributed by atoms with Crippen molar-refractivity contribution < 1.29 is 9.47 Å². The van der Waals surface area contributed by atoms with E-state index in [1.54, 1.807) is 26.6 Å². The van der Waals surface area contributed by atoms with Crippen LogP contribution in [0.1, 0.15) is 0 Å². The molecule has 0 saturated carbocycles. The number of anilines is 1. The lowest BCUT2D eigenvalue weighted by atomic mass is 10.1. The SMILES string of the molecule is CNc1c(OC)c(OC)cc2cnccc12. The van der Waals surface area contributed by atoms with E-state index in [0.29, 0.717) is 11.5 Å². The van der Waals surface area contributed by atoms with Gasteiger partial charge in [0, 0.05) is 30.2 Å². The monoisotopic (exact) mass is 218 g/mol. The molecule has 0 bridgehead atoms. The Hall–Kier alpha value is -1.97. The number of rotatable bonds is 3. The molecule has 0 aliphatic heterocycles. The van der Waals surface area contributed by atoms with Crippen molar-refractivity contribution in [3.8, 4) is 11.5 Å². The van der Waals surface area contributed by atoms with Gasteiger partial charge < -0.3 is 14.8 Å². The predicted molar refractivity (Wildman–Crippen MR) is 64.4 cm³/mol.